The highest BCUT2D eigenvalue weighted by Gasteiger charge is 2.11. The molecule has 0 unspecified atom stereocenters. The third kappa shape index (κ3) is 6.46. The molecule has 0 atom stereocenters. The van der Waals surface area contributed by atoms with Gasteiger partial charge in [-0.25, -0.2) is 4.79 Å². The standard InChI is InChI=1S/C9H14N2O4/c1-2-11(5-3-4-10)8(12)6-15-7-9(13)14/h2-3,5-7H2,1H3,(H,13,14). The smallest absolute Gasteiger partial charge is 0.329 e. The van der Waals surface area contributed by atoms with Crippen molar-refractivity contribution in [2.75, 3.05) is 26.3 Å². The van der Waals surface area contributed by atoms with E-state index in [-0.39, 0.29) is 18.9 Å². The van der Waals surface area contributed by atoms with Gasteiger partial charge in [-0.1, -0.05) is 0 Å². The molecule has 0 aliphatic rings. The van der Waals surface area contributed by atoms with E-state index < -0.39 is 12.6 Å². The lowest BCUT2D eigenvalue weighted by molar-refractivity contribution is -0.145. The molecule has 0 aromatic carbocycles. The first-order valence-electron chi connectivity index (χ1n) is 4.56. The molecule has 1 N–H and O–H groups in total. The lowest BCUT2D eigenvalue weighted by Crippen LogP contribution is -2.35. The average Bonchev–Trinajstić information content (AvgIpc) is 2.18. The number of nitriles is 1. The van der Waals surface area contributed by atoms with Gasteiger partial charge in [-0.15, -0.1) is 0 Å². The first-order chi connectivity index (χ1) is 7.11. The maximum Gasteiger partial charge on any atom is 0.329 e. The lowest BCUT2D eigenvalue weighted by Gasteiger charge is -2.18. The third-order valence-corrected chi connectivity index (χ3v) is 1.68. The molecule has 84 valence electrons. The Hall–Kier alpha value is -1.61. The molecular weight excluding hydrogens is 200 g/mol. The first kappa shape index (κ1) is 13.4. The average molecular weight is 214 g/mol. The Labute approximate surface area is 88.0 Å². The summed E-state index contributed by atoms with van der Waals surface area (Å²) in [5.41, 5.74) is 0. The molecule has 0 aliphatic heterocycles. The van der Waals surface area contributed by atoms with Crippen molar-refractivity contribution in [2.24, 2.45) is 0 Å². The zero-order valence-electron chi connectivity index (χ0n) is 8.60. The molecule has 0 saturated carbocycles. The Morgan fingerprint density at radius 2 is 2.13 bits per heavy atom. The topological polar surface area (TPSA) is 90.6 Å². The van der Waals surface area contributed by atoms with Gasteiger partial charge in [0.1, 0.15) is 13.2 Å². The van der Waals surface area contributed by atoms with Crippen LogP contribution < -0.4 is 0 Å². The molecule has 0 rings (SSSR count). The number of hydrogen-bond acceptors (Lipinski definition) is 4. The van der Waals surface area contributed by atoms with Crippen molar-refractivity contribution in [3.05, 3.63) is 0 Å². The van der Waals surface area contributed by atoms with Crippen molar-refractivity contribution in [3.8, 4) is 6.07 Å². The minimum absolute atomic E-state index is 0.258. The van der Waals surface area contributed by atoms with E-state index in [0.717, 1.165) is 0 Å². The van der Waals surface area contributed by atoms with Crippen LogP contribution >= 0.6 is 0 Å². The molecule has 0 radical (unpaired) electrons. The highest BCUT2D eigenvalue weighted by molar-refractivity contribution is 5.77. The van der Waals surface area contributed by atoms with Crippen LogP contribution in [0.15, 0.2) is 0 Å². The van der Waals surface area contributed by atoms with E-state index in [2.05, 4.69) is 4.74 Å². The molecule has 0 aromatic heterocycles. The monoisotopic (exact) mass is 214 g/mol. The van der Waals surface area contributed by atoms with Crippen LogP contribution in [0, 0.1) is 11.3 Å². The van der Waals surface area contributed by atoms with Crippen LogP contribution in [0.3, 0.4) is 0 Å². The molecule has 0 fully saturated rings. The van der Waals surface area contributed by atoms with Crippen LogP contribution in [-0.2, 0) is 14.3 Å². The summed E-state index contributed by atoms with van der Waals surface area (Å²) in [4.78, 5) is 22.9. The lowest BCUT2D eigenvalue weighted by atomic mass is 10.4. The third-order valence-electron chi connectivity index (χ3n) is 1.68. The fourth-order valence-corrected chi connectivity index (χ4v) is 0.961. The predicted molar refractivity (Wildman–Crippen MR) is 50.9 cm³/mol. The summed E-state index contributed by atoms with van der Waals surface area (Å²) < 4.78 is 4.65. The Balaban J connectivity index is 3.84. The van der Waals surface area contributed by atoms with Crippen molar-refractivity contribution >= 4 is 11.9 Å². The van der Waals surface area contributed by atoms with Gasteiger partial charge in [0.05, 0.1) is 12.5 Å². The summed E-state index contributed by atoms with van der Waals surface area (Å²) in [6.45, 7) is 1.87. The molecule has 6 nitrogen and oxygen atoms in total. The molecule has 0 heterocycles. The Morgan fingerprint density at radius 1 is 1.47 bits per heavy atom. The van der Waals surface area contributed by atoms with E-state index >= 15 is 0 Å². The van der Waals surface area contributed by atoms with Crippen LogP contribution in [0.2, 0.25) is 0 Å². The molecule has 6 heteroatoms. The zero-order chi connectivity index (χ0) is 11.7. The predicted octanol–water partition coefficient (Wildman–Crippen LogP) is -0.150. The number of carbonyl (C=O) groups is 2. The van der Waals surface area contributed by atoms with Crippen molar-refractivity contribution in [3.63, 3.8) is 0 Å². The summed E-state index contributed by atoms with van der Waals surface area (Å²) in [5.74, 6) is -1.41. The van der Waals surface area contributed by atoms with Crippen LogP contribution in [0.25, 0.3) is 0 Å². The van der Waals surface area contributed by atoms with Gasteiger partial charge in [0.25, 0.3) is 0 Å². The molecule has 0 aromatic rings. The minimum Gasteiger partial charge on any atom is -0.480 e. The van der Waals surface area contributed by atoms with Crippen molar-refractivity contribution in [2.45, 2.75) is 13.3 Å². The minimum atomic E-state index is -1.11. The summed E-state index contributed by atoms with van der Waals surface area (Å²) in [6.07, 6.45) is 0.262. The number of carboxylic acids is 1. The number of hydrogen-bond donors (Lipinski definition) is 1. The van der Waals surface area contributed by atoms with E-state index in [4.69, 9.17) is 10.4 Å². The second kappa shape index (κ2) is 7.76. The fourth-order valence-electron chi connectivity index (χ4n) is 0.961. The molecule has 0 saturated heterocycles. The molecule has 0 bridgehead atoms. The molecule has 1 amide bonds. The molecule has 0 aliphatic carbocycles. The van der Waals surface area contributed by atoms with Crippen molar-refractivity contribution in [1.82, 2.24) is 4.90 Å². The molecule has 15 heavy (non-hydrogen) atoms. The number of nitrogens with zero attached hydrogens (tertiary/aromatic N) is 2. The van der Waals surface area contributed by atoms with Gasteiger partial charge in [0.15, 0.2) is 0 Å². The van der Waals surface area contributed by atoms with Gasteiger partial charge < -0.3 is 14.7 Å². The van der Waals surface area contributed by atoms with E-state index in [1.165, 1.54) is 4.90 Å². The van der Waals surface area contributed by atoms with Crippen LogP contribution in [0.5, 0.6) is 0 Å². The summed E-state index contributed by atoms with van der Waals surface area (Å²) in [7, 11) is 0. The van der Waals surface area contributed by atoms with E-state index in [1.54, 1.807) is 6.92 Å². The number of amides is 1. The van der Waals surface area contributed by atoms with Gasteiger partial charge in [-0.05, 0) is 6.92 Å². The van der Waals surface area contributed by atoms with Gasteiger partial charge in [-0.2, -0.15) is 5.26 Å². The Bertz CT molecular complexity index is 259. The molecule has 0 spiro atoms. The van der Waals surface area contributed by atoms with Crippen LogP contribution in [0.1, 0.15) is 13.3 Å². The number of rotatable bonds is 7. The summed E-state index contributed by atoms with van der Waals surface area (Å²) >= 11 is 0. The normalized spacial score (nSPS) is 9.33. The van der Waals surface area contributed by atoms with Crippen molar-refractivity contribution < 1.29 is 19.4 Å². The second-order valence-corrected chi connectivity index (χ2v) is 2.77. The quantitative estimate of drug-likeness (QED) is 0.636. The summed E-state index contributed by atoms with van der Waals surface area (Å²) in [5, 5.41) is 16.6. The number of carbonyl (C=O) groups excluding carboxylic acids is 1. The number of likely N-dealkylation sites (N-methyl/N-ethyl adjacent to an activating group) is 1. The van der Waals surface area contributed by atoms with Gasteiger partial charge in [0.2, 0.25) is 5.91 Å². The first-order valence-corrected chi connectivity index (χ1v) is 4.56. The van der Waals surface area contributed by atoms with E-state index in [9.17, 15) is 9.59 Å². The highest BCUT2D eigenvalue weighted by Crippen LogP contribution is 1.93. The van der Waals surface area contributed by atoms with E-state index in [0.29, 0.717) is 13.1 Å². The SMILES string of the molecule is CCN(CCC#N)C(=O)COCC(=O)O. The fraction of sp³-hybridized carbons (Fsp3) is 0.667. The Kier molecular flexibility index (Phi) is 6.93. The highest BCUT2D eigenvalue weighted by atomic mass is 16.5. The maximum atomic E-state index is 11.4. The number of ether oxygens (including phenoxy) is 1. The van der Waals surface area contributed by atoms with Crippen LogP contribution in [0.4, 0.5) is 0 Å². The second-order valence-electron chi connectivity index (χ2n) is 2.77. The molecular formula is C9H14N2O4. The largest absolute Gasteiger partial charge is 0.480 e. The van der Waals surface area contributed by atoms with Crippen LogP contribution in [-0.4, -0.2) is 48.2 Å². The van der Waals surface area contributed by atoms with Gasteiger partial charge in [0, 0.05) is 13.1 Å². The Morgan fingerprint density at radius 3 is 2.60 bits per heavy atom. The van der Waals surface area contributed by atoms with Gasteiger partial charge in [-0.3, -0.25) is 4.79 Å². The summed E-state index contributed by atoms with van der Waals surface area (Å²) in [6, 6.07) is 1.93. The number of aliphatic carboxylic acids is 1. The van der Waals surface area contributed by atoms with E-state index in [1.807, 2.05) is 6.07 Å². The van der Waals surface area contributed by atoms with Gasteiger partial charge >= 0.3 is 5.97 Å². The maximum absolute atomic E-state index is 11.4. The van der Waals surface area contributed by atoms with Crippen molar-refractivity contribution in [1.29, 1.82) is 5.26 Å². The number of carboxylic acid groups (broad SMARTS) is 1. The zero-order valence-corrected chi connectivity index (χ0v) is 8.60.